The van der Waals surface area contributed by atoms with Crippen molar-refractivity contribution in [2.24, 2.45) is 11.8 Å². The molecular weight excluding hydrogens is 212 g/mol. The lowest BCUT2D eigenvalue weighted by Gasteiger charge is -2.34. The summed E-state index contributed by atoms with van der Waals surface area (Å²) in [6.45, 7) is 4.51. The van der Waals surface area contributed by atoms with Crippen LogP contribution >= 0.6 is 0 Å². The van der Waals surface area contributed by atoms with E-state index in [1.165, 1.54) is 12.8 Å². The lowest BCUT2D eigenvalue weighted by atomic mass is 9.78. The fourth-order valence-electron chi connectivity index (χ4n) is 2.53. The minimum atomic E-state index is 0.00375. The highest BCUT2D eigenvalue weighted by atomic mass is 16.1. The van der Waals surface area contributed by atoms with Gasteiger partial charge in [0.05, 0.1) is 5.56 Å². The van der Waals surface area contributed by atoms with E-state index in [9.17, 15) is 4.79 Å². The summed E-state index contributed by atoms with van der Waals surface area (Å²) in [6, 6.07) is 3.91. The first kappa shape index (κ1) is 12.1. The van der Waals surface area contributed by atoms with Crippen LogP contribution in [-0.4, -0.2) is 16.9 Å². The third-order valence-corrected chi connectivity index (χ3v) is 3.95. The Hall–Kier alpha value is -1.38. The van der Waals surface area contributed by atoms with E-state index in [0.29, 0.717) is 23.4 Å². The number of nitrogens with zero attached hydrogens (tertiary/aromatic N) is 1. The molecule has 17 heavy (non-hydrogen) atoms. The summed E-state index contributed by atoms with van der Waals surface area (Å²) in [4.78, 5) is 16.0. The number of hydrogen-bond acceptors (Lipinski definition) is 2. The van der Waals surface area contributed by atoms with Crippen molar-refractivity contribution in [1.29, 1.82) is 0 Å². The smallest absolute Gasteiger partial charge is 0.253 e. The molecule has 0 aromatic carbocycles. The number of nitrogens with one attached hydrogen (secondary N) is 1. The Bertz CT molecular complexity index is 377. The molecule has 0 saturated heterocycles. The molecule has 1 saturated carbocycles. The van der Waals surface area contributed by atoms with Gasteiger partial charge in [-0.25, -0.2) is 0 Å². The Kier molecular flexibility index (Phi) is 3.77. The molecule has 1 aliphatic carbocycles. The summed E-state index contributed by atoms with van der Waals surface area (Å²) >= 11 is 0. The van der Waals surface area contributed by atoms with E-state index in [1.54, 1.807) is 24.5 Å². The standard InChI is InChI=1S/C14H20N2O/c1-10-5-3-7-13(11(10)2)16-14(17)12-6-4-8-15-9-12/h4,6,8-11,13H,3,5,7H2,1-2H3,(H,16,17)/t10-,11+,13-/m1/s1. The zero-order chi connectivity index (χ0) is 12.3. The van der Waals surface area contributed by atoms with Crippen molar-refractivity contribution < 1.29 is 4.79 Å². The third-order valence-electron chi connectivity index (χ3n) is 3.95. The average molecular weight is 232 g/mol. The molecule has 3 heteroatoms. The van der Waals surface area contributed by atoms with Crippen molar-refractivity contribution in [1.82, 2.24) is 10.3 Å². The fourth-order valence-corrected chi connectivity index (χ4v) is 2.53. The first-order valence-corrected chi connectivity index (χ1v) is 6.39. The molecule has 0 unspecified atom stereocenters. The van der Waals surface area contributed by atoms with Gasteiger partial charge in [0.2, 0.25) is 0 Å². The van der Waals surface area contributed by atoms with Gasteiger partial charge in [-0.05, 0) is 30.4 Å². The van der Waals surface area contributed by atoms with Crippen LogP contribution in [0.5, 0.6) is 0 Å². The molecular formula is C14H20N2O. The van der Waals surface area contributed by atoms with E-state index < -0.39 is 0 Å². The zero-order valence-corrected chi connectivity index (χ0v) is 10.5. The van der Waals surface area contributed by atoms with Crippen molar-refractivity contribution in [2.75, 3.05) is 0 Å². The van der Waals surface area contributed by atoms with Crippen LogP contribution in [0, 0.1) is 11.8 Å². The van der Waals surface area contributed by atoms with E-state index in [0.717, 1.165) is 6.42 Å². The van der Waals surface area contributed by atoms with Gasteiger partial charge >= 0.3 is 0 Å². The van der Waals surface area contributed by atoms with Crippen LogP contribution in [0.15, 0.2) is 24.5 Å². The van der Waals surface area contributed by atoms with E-state index in [-0.39, 0.29) is 5.91 Å². The molecule has 1 fully saturated rings. The minimum absolute atomic E-state index is 0.00375. The summed E-state index contributed by atoms with van der Waals surface area (Å²) < 4.78 is 0. The quantitative estimate of drug-likeness (QED) is 0.851. The predicted molar refractivity (Wildman–Crippen MR) is 67.7 cm³/mol. The molecule has 1 N–H and O–H groups in total. The van der Waals surface area contributed by atoms with Gasteiger partial charge < -0.3 is 5.32 Å². The van der Waals surface area contributed by atoms with E-state index in [2.05, 4.69) is 24.1 Å². The Morgan fingerprint density at radius 3 is 2.94 bits per heavy atom. The van der Waals surface area contributed by atoms with Crippen LogP contribution in [0.3, 0.4) is 0 Å². The van der Waals surface area contributed by atoms with Gasteiger partial charge in [-0.1, -0.05) is 26.7 Å². The summed E-state index contributed by atoms with van der Waals surface area (Å²) in [5.74, 6) is 1.26. The van der Waals surface area contributed by atoms with Crippen molar-refractivity contribution in [3.05, 3.63) is 30.1 Å². The van der Waals surface area contributed by atoms with E-state index in [1.807, 2.05) is 0 Å². The van der Waals surface area contributed by atoms with E-state index >= 15 is 0 Å². The number of carbonyl (C=O) groups is 1. The van der Waals surface area contributed by atoms with Gasteiger partial charge in [-0.15, -0.1) is 0 Å². The molecule has 1 aromatic rings. The van der Waals surface area contributed by atoms with Gasteiger partial charge in [-0.3, -0.25) is 9.78 Å². The molecule has 2 rings (SSSR count). The Labute approximate surface area is 103 Å². The second kappa shape index (κ2) is 5.30. The van der Waals surface area contributed by atoms with Crippen LogP contribution in [-0.2, 0) is 0 Å². The van der Waals surface area contributed by atoms with Gasteiger partial charge in [0, 0.05) is 18.4 Å². The molecule has 0 aliphatic heterocycles. The highest BCUT2D eigenvalue weighted by Crippen LogP contribution is 2.29. The van der Waals surface area contributed by atoms with Gasteiger partial charge in [0.1, 0.15) is 0 Å². The van der Waals surface area contributed by atoms with Crippen molar-refractivity contribution in [3.8, 4) is 0 Å². The number of carbonyl (C=O) groups excluding carboxylic acids is 1. The third kappa shape index (κ3) is 2.84. The van der Waals surface area contributed by atoms with Gasteiger partial charge in [0.15, 0.2) is 0 Å². The summed E-state index contributed by atoms with van der Waals surface area (Å²) in [5, 5.41) is 3.14. The molecule has 0 bridgehead atoms. The average Bonchev–Trinajstić information content (AvgIpc) is 2.36. The molecule has 3 atom stereocenters. The Balaban J connectivity index is 1.99. The molecule has 3 nitrogen and oxygen atoms in total. The maximum atomic E-state index is 12.0. The molecule has 1 aromatic heterocycles. The highest BCUT2D eigenvalue weighted by Gasteiger charge is 2.28. The van der Waals surface area contributed by atoms with Gasteiger partial charge in [0.25, 0.3) is 5.91 Å². The topological polar surface area (TPSA) is 42.0 Å². The molecule has 92 valence electrons. The maximum absolute atomic E-state index is 12.0. The molecule has 0 spiro atoms. The van der Waals surface area contributed by atoms with Crippen LogP contribution in [0.2, 0.25) is 0 Å². The van der Waals surface area contributed by atoms with Crippen molar-refractivity contribution in [3.63, 3.8) is 0 Å². The van der Waals surface area contributed by atoms with Crippen molar-refractivity contribution in [2.45, 2.75) is 39.2 Å². The van der Waals surface area contributed by atoms with Crippen molar-refractivity contribution >= 4 is 5.91 Å². The first-order chi connectivity index (χ1) is 8.18. The second-order valence-corrected chi connectivity index (χ2v) is 5.09. The Morgan fingerprint density at radius 2 is 2.24 bits per heavy atom. The summed E-state index contributed by atoms with van der Waals surface area (Å²) in [6.07, 6.45) is 6.88. The van der Waals surface area contributed by atoms with Crippen LogP contribution in [0.1, 0.15) is 43.5 Å². The summed E-state index contributed by atoms with van der Waals surface area (Å²) in [5.41, 5.74) is 0.651. The first-order valence-electron chi connectivity index (χ1n) is 6.39. The number of pyridine rings is 1. The number of hydrogen-bond donors (Lipinski definition) is 1. The zero-order valence-electron chi connectivity index (χ0n) is 10.5. The molecule has 1 aliphatic rings. The normalized spacial score (nSPS) is 28.7. The second-order valence-electron chi connectivity index (χ2n) is 5.09. The van der Waals surface area contributed by atoms with E-state index in [4.69, 9.17) is 0 Å². The number of aromatic nitrogens is 1. The van der Waals surface area contributed by atoms with Crippen LogP contribution in [0.4, 0.5) is 0 Å². The number of amides is 1. The molecule has 0 radical (unpaired) electrons. The lowest BCUT2D eigenvalue weighted by molar-refractivity contribution is 0.0890. The maximum Gasteiger partial charge on any atom is 0.253 e. The number of rotatable bonds is 2. The monoisotopic (exact) mass is 232 g/mol. The Morgan fingerprint density at radius 1 is 1.41 bits per heavy atom. The molecule has 1 heterocycles. The highest BCUT2D eigenvalue weighted by molar-refractivity contribution is 5.94. The fraction of sp³-hybridized carbons (Fsp3) is 0.571. The summed E-state index contributed by atoms with van der Waals surface area (Å²) in [7, 11) is 0. The van der Waals surface area contributed by atoms with Crippen LogP contribution < -0.4 is 5.32 Å². The van der Waals surface area contributed by atoms with Crippen LogP contribution in [0.25, 0.3) is 0 Å². The predicted octanol–water partition coefficient (Wildman–Crippen LogP) is 2.64. The SMILES string of the molecule is C[C@H]1[C@H](C)CCC[C@H]1NC(=O)c1cccnc1. The minimum Gasteiger partial charge on any atom is -0.349 e. The molecule has 1 amide bonds. The van der Waals surface area contributed by atoms with Gasteiger partial charge in [-0.2, -0.15) is 0 Å². The largest absolute Gasteiger partial charge is 0.349 e. The lowest BCUT2D eigenvalue weighted by Crippen LogP contribution is -2.43.